The van der Waals surface area contributed by atoms with Crippen LogP contribution in [0.1, 0.15) is 41.6 Å². The molecule has 0 radical (unpaired) electrons. The fourth-order valence-electron chi connectivity index (χ4n) is 2.72. The standard InChI is InChI=1S/C15H21NO2/c1-11-13(8-5-9-14(11)17)15(18)16(2)10-12-6-3-4-7-12/h5,8-9,12,17H,3-4,6-7,10H2,1-2H3. The molecule has 0 spiro atoms. The van der Waals surface area contributed by atoms with Gasteiger partial charge >= 0.3 is 0 Å². The fraction of sp³-hybridized carbons (Fsp3) is 0.533. The van der Waals surface area contributed by atoms with Gasteiger partial charge in [0.05, 0.1) is 0 Å². The van der Waals surface area contributed by atoms with Gasteiger partial charge in [-0.1, -0.05) is 18.9 Å². The highest BCUT2D eigenvalue weighted by molar-refractivity contribution is 5.96. The molecule has 0 bridgehead atoms. The van der Waals surface area contributed by atoms with Crippen molar-refractivity contribution in [1.29, 1.82) is 0 Å². The van der Waals surface area contributed by atoms with Crippen molar-refractivity contribution in [3.05, 3.63) is 29.3 Å². The topological polar surface area (TPSA) is 40.5 Å². The van der Waals surface area contributed by atoms with E-state index in [9.17, 15) is 9.90 Å². The van der Waals surface area contributed by atoms with Crippen molar-refractivity contribution in [2.75, 3.05) is 13.6 Å². The van der Waals surface area contributed by atoms with Crippen LogP contribution in [0.25, 0.3) is 0 Å². The quantitative estimate of drug-likeness (QED) is 0.892. The Balaban J connectivity index is 2.07. The van der Waals surface area contributed by atoms with Crippen LogP contribution in [0.5, 0.6) is 5.75 Å². The average Bonchev–Trinajstić information content (AvgIpc) is 2.84. The highest BCUT2D eigenvalue weighted by Gasteiger charge is 2.21. The van der Waals surface area contributed by atoms with E-state index in [-0.39, 0.29) is 11.7 Å². The number of benzene rings is 1. The number of hydrogen-bond donors (Lipinski definition) is 1. The molecule has 18 heavy (non-hydrogen) atoms. The number of carbonyl (C=O) groups is 1. The molecule has 98 valence electrons. The Bertz CT molecular complexity index is 436. The molecule has 0 atom stereocenters. The zero-order valence-electron chi connectivity index (χ0n) is 11.1. The zero-order chi connectivity index (χ0) is 13.1. The maximum atomic E-state index is 12.3. The minimum Gasteiger partial charge on any atom is -0.508 e. The lowest BCUT2D eigenvalue weighted by Crippen LogP contribution is -2.31. The molecule has 0 unspecified atom stereocenters. The van der Waals surface area contributed by atoms with Crippen LogP contribution in [-0.4, -0.2) is 29.5 Å². The van der Waals surface area contributed by atoms with Gasteiger partial charge in [-0.15, -0.1) is 0 Å². The third kappa shape index (κ3) is 2.66. The van der Waals surface area contributed by atoms with Gasteiger partial charge in [0.1, 0.15) is 5.75 Å². The molecule has 1 aromatic rings. The van der Waals surface area contributed by atoms with Gasteiger partial charge in [0.2, 0.25) is 0 Å². The third-order valence-electron chi connectivity index (χ3n) is 3.89. The lowest BCUT2D eigenvalue weighted by atomic mass is 10.0. The van der Waals surface area contributed by atoms with Gasteiger partial charge in [-0.25, -0.2) is 0 Å². The Morgan fingerprint density at radius 1 is 1.39 bits per heavy atom. The molecule has 0 aliphatic heterocycles. The third-order valence-corrected chi connectivity index (χ3v) is 3.89. The second-order valence-electron chi connectivity index (χ2n) is 5.29. The summed E-state index contributed by atoms with van der Waals surface area (Å²) in [5.41, 5.74) is 1.27. The summed E-state index contributed by atoms with van der Waals surface area (Å²) in [6.07, 6.45) is 5.04. The molecule has 1 N–H and O–H groups in total. The van der Waals surface area contributed by atoms with Crippen LogP contribution < -0.4 is 0 Å². The second-order valence-corrected chi connectivity index (χ2v) is 5.29. The molecule has 0 aromatic heterocycles. The second kappa shape index (κ2) is 5.42. The Labute approximate surface area is 108 Å². The molecule has 1 aliphatic carbocycles. The van der Waals surface area contributed by atoms with Crippen molar-refractivity contribution in [3.8, 4) is 5.75 Å². The summed E-state index contributed by atoms with van der Waals surface area (Å²) in [4.78, 5) is 14.1. The zero-order valence-corrected chi connectivity index (χ0v) is 11.1. The van der Waals surface area contributed by atoms with Gasteiger partial charge in [0, 0.05) is 24.7 Å². The van der Waals surface area contributed by atoms with Crippen LogP contribution in [0.4, 0.5) is 0 Å². The molecule has 1 aromatic carbocycles. The van der Waals surface area contributed by atoms with E-state index in [1.807, 2.05) is 7.05 Å². The van der Waals surface area contributed by atoms with Crippen molar-refractivity contribution >= 4 is 5.91 Å². The summed E-state index contributed by atoms with van der Waals surface area (Å²) >= 11 is 0. The summed E-state index contributed by atoms with van der Waals surface area (Å²) in [5.74, 6) is 0.849. The summed E-state index contributed by atoms with van der Waals surface area (Å²) < 4.78 is 0. The van der Waals surface area contributed by atoms with Crippen LogP contribution in [0.2, 0.25) is 0 Å². The normalized spacial score (nSPS) is 15.9. The van der Waals surface area contributed by atoms with Crippen molar-refractivity contribution in [1.82, 2.24) is 4.90 Å². The number of aromatic hydroxyl groups is 1. The van der Waals surface area contributed by atoms with Crippen LogP contribution >= 0.6 is 0 Å². The van der Waals surface area contributed by atoms with Crippen LogP contribution in [-0.2, 0) is 0 Å². The fourth-order valence-corrected chi connectivity index (χ4v) is 2.72. The minimum absolute atomic E-state index is 0.00954. The average molecular weight is 247 g/mol. The van der Waals surface area contributed by atoms with E-state index in [1.54, 1.807) is 30.0 Å². The molecular formula is C15H21NO2. The lowest BCUT2D eigenvalue weighted by molar-refractivity contribution is 0.0772. The smallest absolute Gasteiger partial charge is 0.254 e. The Hall–Kier alpha value is -1.51. The first kappa shape index (κ1) is 12.9. The van der Waals surface area contributed by atoms with Crippen LogP contribution in [0.3, 0.4) is 0 Å². The van der Waals surface area contributed by atoms with Gasteiger partial charge in [0.25, 0.3) is 5.91 Å². The summed E-state index contributed by atoms with van der Waals surface area (Å²) in [6, 6.07) is 5.12. The lowest BCUT2D eigenvalue weighted by Gasteiger charge is -2.22. The van der Waals surface area contributed by atoms with E-state index in [0.29, 0.717) is 17.0 Å². The van der Waals surface area contributed by atoms with Crippen molar-refractivity contribution < 1.29 is 9.90 Å². The molecule has 1 fully saturated rings. The summed E-state index contributed by atoms with van der Waals surface area (Å²) in [7, 11) is 1.85. The minimum atomic E-state index is 0.00954. The molecular weight excluding hydrogens is 226 g/mol. The van der Waals surface area contributed by atoms with Crippen molar-refractivity contribution in [2.45, 2.75) is 32.6 Å². The van der Waals surface area contributed by atoms with Gasteiger partial charge in [-0.3, -0.25) is 4.79 Å². The molecule has 2 rings (SSSR count). The Kier molecular flexibility index (Phi) is 3.90. The van der Waals surface area contributed by atoms with E-state index in [2.05, 4.69) is 0 Å². The molecule has 3 nitrogen and oxygen atoms in total. The number of carbonyl (C=O) groups excluding carboxylic acids is 1. The monoisotopic (exact) mass is 247 g/mol. The molecule has 0 heterocycles. The number of phenols is 1. The highest BCUT2D eigenvalue weighted by atomic mass is 16.3. The van der Waals surface area contributed by atoms with Crippen molar-refractivity contribution in [3.63, 3.8) is 0 Å². The first-order chi connectivity index (χ1) is 8.59. The summed E-state index contributed by atoms with van der Waals surface area (Å²) in [5, 5.41) is 9.64. The van der Waals surface area contributed by atoms with Gasteiger partial charge in [0.15, 0.2) is 0 Å². The van der Waals surface area contributed by atoms with E-state index >= 15 is 0 Å². The van der Waals surface area contributed by atoms with E-state index in [1.165, 1.54) is 25.7 Å². The predicted octanol–water partition coefficient (Wildman–Crippen LogP) is 2.96. The van der Waals surface area contributed by atoms with E-state index in [4.69, 9.17) is 0 Å². The Morgan fingerprint density at radius 3 is 2.72 bits per heavy atom. The van der Waals surface area contributed by atoms with E-state index in [0.717, 1.165) is 6.54 Å². The number of amides is 1. The highest BCUT2D eigenvalue weighted by Crippen LogP contribution is 2.26. The number of hydrogen-bond acceptors (Lipinski definition) is 2. The first-order valence-corrected chi connectivity index (χ1v) is 6.63. The van der Waals surface area contributed by atoms with Gasteiger partial charge < -0.3 is 10.0 Å². The molecule has 1 aliphatic rings. The molecule has 1 amide bonds. The maximum Gasteiger partial charge on any atom is 0.254 e. The largest absolute Gasteiger partial charge is 0.508 e. The molecule has 0 saturated heterocycles. The first-order valence-electron chi connectivity index (χ1n) is 6.63. The number of phenolic OH excluding ortho intramolecular Hbond substituents is 1. The molecule has 1 saturated carbocycles. The van der Waals surface area contributed by atoms with Crippen LogP contribution in [0, 0.1) is 12.8 Å². The summed E-state index contributed by atoms with van der Waals surface area (Å²) in [6.45, 7) is 2.61. The number of nitrogens with zero attached hydrogens (tertiary/aromatic N) is 1. The van der Waals surface area contributed by atoms with Gasteiger partial charge in [-0.05, 0) is 37.8 Å². The maximum absolute atomic E-state index is 12.3. The van der Waals surface area contributed by atoms with E-state index < -0.39 is 0 Å². The van der Waals surface area contributed by atoms with Gasteiger partial charge in [-0.2, -0.15) is 0 Å². The predicted molar refractivity (Wildman–Crippen MR) is 71.8 cm³/mol. The SMILES string of the molecule is Cc1c(O)cccc1C(=O)N(C)CC1CCCC1. The van der Waals surface area contributed by atoms with Crippen LogP contribution in [0.15, 0.2) is 18.2 Å². The number of rotatable bonds is 3. The van der Waals surface area contributed by atoms with Crippen molar-refractivity contribution in [2.24, 2.45) is 5.92 Å². The molecule has 3 heteroatoms. The Morgan fingerprint density at radius 2 is 2.06 bits per heavy atom.